The largest absolute Gasteiger partial charge is 0.495 e. The summed E-state index contributed by atoms with van der Waals surface area (Å²) in [5, 5.41) is 0. The van der Waals surface area contributed by atoms with E-state index in [2.05, 4.69) is 20.8 Å². The summed E-state index contributed by atoms with van der Waals surface area (Å²) in [4.78, 5) is 21.5. The van der Waals surface area contributed by atoms with Crippen LogP contribution in [-0.2, 0) is 11.3 Å². The van der Waals surface area contributed by atoms with Crippen LogP contribution in [0.3, 0.4) is 0 Å². The highest BCUT2D eigenvalue weighted by atomic mass is 19.1. The zero-order chi connectivity index (χ0) is 21.6. The lowest BCUT2D eigenvalue weighted by Gasteiger charge is -2.38. The summed E-state index contributed by atoms with van der Waals surface area (Å²) in [6.45, 7) is 7.50. The molecule has 2 saturated heterocycles. The predicted molar refractivity (Wildman–Crippen MR) is 120 cm³/mol. The maximum atomic E-state index is 13.9. The maximum Gasteiger partial charge on any atom is 0.236 e. The van der Waals surface area contributed by atoms with E-state index in [0.717, 1.165) is 56.3 Å². The van der Waals surface area contributed by atoms with Crippen molar-refractivity contribution < 1.29 is 13.9 Å². The molecule has 166 valence electrons. The van der Waals surface area contributed by atoms with Gasteiger partial charge in [-0.3, -0.25) is 14.6 Å². The first-order valence-corrected chi connectivity index (χ1v) is 11.0. The lowest BCUT2D eigenvalue weighted by atomic mass is 10.2. The Kier molecular flexibility index (Phi) is 7.04. The summed E-state index contributed by atoms with van der Waals surface area (Å²) in [6.07, 6.45) is 0. The minimum atomic E-state index is -0.159. The number of halogens is 1. The number of ether oxygens (including phenoxy) is 1. The van der Waals surface area contributed by atoms with Crippen molar-refractivity contribution in [3.8, 4) is 5.75 Å². The fourth-order valence-electron chi connectivity index (χ4n) is 4.35. The van der Waals surface area contributed by atoms with Crippen molar-refractivity contribution in [2.24, 2.45) is 0 Å². The summed E-state index contributed by atoms with van der Waals surface area (Å²) >= 11 is 0. The van der Waals surface area contributed by atoms with Gasteiger partial charge in [0.05, 0.1) is 19.3 Å². The zero-order valence-electron chi connectivity index (χ0n) is 18.2. The van der Waals surface area contributed by atoms with Crippen molar-refractivity contribution >= 4 is 11.6 Å². The molecule has 0 saturated carbocycles. The average Bonchev–Trinajstić information content (AvgIpc) is 2.81. The first-order chi connectivity index (χ1) is 15.1. The van der Waals surface area contributed by atoms with Gasteiger partial charge in [-0.15, -0.1) is 0 Å². The van der Waals surface area contributed by atoms with Gasteiger partial charge in [0.15, 0.2) is 0 Å². The van der Waals surface area contributed by atoms with Gasteiger partial charge < -0.3 is 14.5 Å². The van der Waals surface area contributed by atoms with E-state index in [9.17, 15) is 9.18 Å². The molecular weight excluding hydrogens is 395 g/mol. The van der Waals surface area contributed by atoms with Gasteiger partial charge in [0.1, 0.15) is 11.6 Å². The minimum Gasteiger partial charge on any atom is -0.495 e. The first-order valence-electron chi connectivity index (χ1n) is 11.0. The van der Waals surface area contributed by atoms with Crippen LogP contribution in [0, 0.1) is 5.82 Å². The monoisotopic (exact) mass is 426 g/mol. The smallest absolute Gasteiger partial charge is 0.236 e. The lowest BCUT2D eigenvalue weighted by molar-refractivity contribution is -0.134. The molecule has 2 heterocycles. The number of rotatable bonds is 6. The fraction of sp³-hybridized carbons (Fsp3) is 0.458. The number of carbonyl (C=O) groups excluding carboxylic acids is 1. The Labute approximate surface area is 183 Å². The number of anilines is 1. The number of piperazine rings is 2. The summed E-state index contributed by atoms with van der Waals surface area (Å²) in [5.41, 5.74) is 1.83. The van der Waals surface area contributed by atoms with E-state index >= 15 is 0 Å². The van der Waals surface area contributed by atoms with Gasteiger partial charge in [0, 0.05) is 64.5 Å². The van der Waals surface area contributed by atoms with Crippen LogP contribution in [-0.4, -0.2) is 86.6 Å². The molecule has 0 spiro atoms. The number of carbonyl (C=O) groups is 1. The third-order valence-corrected chi connectivity index (χ3v) is 6.23. The van der Waals surface area contributed by atoms with Gasteiger partial charge in [-0.1, -0.05) is 30.3 Å². The molecule has 7 heteroatoms. The first kappa shape index (κ1) is 21.6. The van der Waals surface area contributed by atoms with Crippen LogP contribution in [0.15, 0.2) is 48.5 Å². The van der Waals surface area contributed by atoms with E-state index < -0.39 is 0 Å². The second kappa shape index (κ2) is 10.1. The molecule has 0 radical (unpaired) electrons. The normalized spacial score (nSPS) is 18.3. The molecule has 6 nitrogen and oxygen atoms in total. The molecule has 0 bridgehead atoms. The van der Waals surface area contributed by atoms with Crippen molar-refractivity contribution in [1.82, 2.24) is 14.7 Å². The molecule has 4 rings (SSSR count). The molecule has 0 unspecified atom stereocenters. The van der Waals surface area contributed by atoms with Crippen molar-refractivity contribution in [3.05, 3.63) is 59.9 Å². The molecule has 0 aromatic heterocycles. The Morgan fingerprint density at radius 3 is 2.23 bits per heavy atom. The summed E-state index contributed by atoms with van der Waals surface area (Å²) in [6, 6.07) is 15.0. The maximum absolute atomic E-state index is 13.9. The second-order valence-corrected chi connectivity index (χ2v) is 8.18. The molecule has 2 fully saturated rings. The van der Waals surface area contributed by atoms with Crippen molar-refractivity contribution in [1.29, 1.82) is 0 Å². The van der Waals surface area contributed by atoms with Crippen molar-refractivity contribution in [3.63, 3.8) is 0 Å². The summed E-state index contributed by atoms with van der Waals surface area (Å²) in [7, 11) is 1.70. The molecule has 2 aliphatic heterocycles. The molecule has 1 amide bonds. The zero-order valence-corrected chi connectivity index (χ0v) is 18.2. The Morgan fingerprint density at radius 1 is 0.871 bits per heavy atom. The molecule has 2 aliphatic rings. The number of para-hydroxylation sites is 2. The Morgan fingerprint density at radius 2 is 1.52 bits per heavy atom. The summed E-state index contributed by atoms with van der Waals surface area (Å²) in [5.74, 6) is 0.921. The number of nitrogens with zero attached hydrogens (tertiary/aromatic N) is 4. The van der Waals surface area contributed by atoms with Crippen LogP contribution in [0.4, 0.5) is 10.1 Å². The SMILES string of the molecule is COc1ccccc1N1CCN(CC(=O)N2CCN(Cc3ccccc3F)CC2)CC1. The average molecular weight is 427 g/mol. The fourth-order valence-corrected chi connectivity index (χ4v) is 4.35. The van der Waals surface area contributed by atoms with Gasteiger partial charge in [-0.25, -0.2) is 4.39 Å². The number of hydrogen-bond donors (Lipinski definition) is 0. The lowest BCUT2D eigenvalue weighted by Crippen LogP contribution is -2.53. The minimum absolute atomic E-state index is 0.159. The Bertz CT molecular complexity index is 877. The molecule has 2 aromatic carbocycles. The van der Waals surface area contributed by atoms with E-state index in [0.29, 0.717) is 26.2 Å². The van der Waals surface area contributed by atoms with Crippen LogP contribution in [0.5, 0.6) is 5.75 Å². The topological polar surface area (TPSA) is 39.3 Å². The quantitative estimate of drug-likeness (QED) is 0.709. The highest BCUT2D eigenvalue weighted by molar-refractivity contribution is 5.78. The van der Waals surface area contributed by atoms with Crippen LogP contribution in [0.2, 0.25) is 0 Å². The predicted octanol–water partition coefficient (Wildman–Crippen LogP) is 2.30. The molecule has 31 heavy (non-hydrogen) atoms. The van der Waals surface area contributed by atoms with Crippen molar-refractivity contribution in [2.45, 2.75) is 6.54 Å². The molecule has 0 aliphatic carbocycles. The van der Waals surface area contributed by atoms with Crippen LogP contribution in [0.1, 0.15) is 5.56 Å². The number of methoxy groups -OCH3 is 1. The van der Waals surface area contributed by atoms with E-state index in [-0.39, 0.29) is 11.7 Å². The molecular formula is C24H31FN4O2. The van der Waals surface area contributed by atoms with Crippen LogP contribution in [0.25, 0.3) is 0 Å². The van der Waals surface area contributed by atoms with E-state index in [4.69, 9.17) is 4.74 Å². The standard InChI is InChI=1S/C24H31FN4O2/c1-31-23-9-5-4-8-22(23)28-14-10-27(11-15-28)19-24(30)29-16-12-26(13-17-29)18-20-6-2-3-7-21(20)25/h2-9H,10-19H2,1H3. The van der Waals surface area contributed by atoms with Gasteiger partial charge >= 0.3 is 0 Å². The van der Waals surface area contributed by atoms with Gasteiger partial charge in [-0.2, -0.15) is 0 Å². The molecule has 0 N–H and O–H groups in total. The van der Waals surface area contributed by atoms with E-state index in [1.54, 1.807) is 13.2 Å². The van der Waals surface area contributed by atoms with E-state index in [1.165, 1.54) is 6.07 Å². The van der Waals surface area contributed by atoms with Crippen molar-refractivity contribution in [2.75, 3.05) is 70.9 Å². The highest BCUT2D eigenvalue weighted by Gasteiger charge is 2.25. The second-order valence-electron chi connectivity index (χ2n) is 8.18. The molecule has 0 atom stereocenters. The Hall–Kier alpha value is -2.64. The van der Waals surface area contributed by atoms with Gasteiger partial charge in [0.2, 0.25) is 5.91 Å². The summed E-state index contributed by atoms with van der Waals surface area (Å²) < 4.78 is 19.4. The third-order valence-electron chi connectivity index (χ3n) is 6.23. The Balaban J connectivity index is 1.22. The number of hydrogen-bond acceptors (Lipinski definition) is 5. The van der Waals surface area contributed by atoms with Gasteiger partial charge in [0.25, 0.3) is 0 Å². The van der Waals surface area contributed by atoms with Crippen LogP contribution < -0.4 is 9.64 Å². The van der Waals surface area contributed by atoms with Gasteiger partial charge in [-0.05, 0) is 18.2 Å². The highest BCUT2D eigenvalue weighted by Crippen LogP contribution is 2.28. The number of benzene rings is 2. The van der Waals surface area contributed by atoms with Crippen LogP contribution >= 0.6 is 0 Å². The number of amides is 1. The third kappa shape index (κ3) is 5.35. The van der Waals surface area contributed by atoms with E-state index in [1.807, 2.05) is 35.2 Å². The molecule has 2 aromatic rings.